The molecule has 5 aliphatic rings. The number of nitrogens with two attached hydrogens (primary N) is 1. The number of halogens is 1. The Morgan fingerprint density at radius 3 is 2.40 bits per heavy atom. The normalized spacial score (nSPS) is 21.5. The number of phenols is 2. The van der Waals surface area contributed by atoms with Crippen molar-refractivity contribution in [1.82, 2.24) is 34.1 Å². The van der Waals surface area contributed by atoms with E-state index < -0.39 is 46.7 Å². The van der Waals surface area contributed by atoms with Crippen LogP contribution in [0.2, 0.25) is 0 Å². The van der Waals surface area contributed by atoms with Gasteiger partial charge in [-0.25, -0.2) is 33.4 Å². The second-order valence-electron chi connectivity index (χ2n) is 22.7. The fraction of sp³-hybridized carbons (Fsp3) is 0.466. The van der Waals surface area contributed by atoms with E-state index in [1.54, 1.807) is 35.4 Å². The molecule has 18 nitrogen and oxygen atoms in total. The lowest BCUT2D eigenvalue weighted by Crippen LogP contribution is -2.54. The summed E-state index contributed by atoms with van der Waals surface area (Å²) in [5.41, 5.74) is 8.74. The molecule has 0 spiro atoms. The number of ether oxygens (including phenoxy) is 2. The van der Waals surface area contributed by atoms with Crippen molar-refractivity contribution in [1.29, 1.82) is 0 Å². The number of cyclic esters (lactones) is 1. The maximum atomic E-state index is 16.5. The van der Waals surface area contributed by atoms with Gasteiger partial charge in [0.05, 0.1) is 40.3 Å². The van der Waals surface area contributed by atoms with Crippen molar-refractivity contribution < 1.29 is 43.6 Å². The standard InChI is InChI=1S/C58H65FN8O10/c1-7-58(75)41-23-45-50-39(27-66(45)52(70)40(41)28-76-54(58)72)35-12-13-36(48-30(4)42(59)24-43(61-50)49(35)48)44-21-33(16-19-65(44)56(74)77-57(5,6)53(60)71)26-64-17-14-32(15-18-64)20-31-8-10-34(11-9-31)67-51(62-63-55(67)73)38-22-37(29(2)3)46(68)25-47(38)69/h8-11,22-25,29,32-33,36,44,68-69,75H,7,12-21,26-28H2,1-6H3,(H2,60,71)(H,63,73)/t33?,36?,44?,58-/m0/s1. The number of phenolic OH excluding ortho intramolecular Hbond substituents is 2. The first-order valence-corrected chi connectivity index (χ1v) is 26.8. The van der Waals surface area contributed by atoms with Crippen molar-refractivity contribution in [2.45, 2.75) is 135 Å². The third-order valence-corrected chi connectivity index (χ3v) is 17.4. The zero-order chi connectivity index (χ0) is 54.6. The van der Waals surface area contributed by atoms with E-state index in [-0.39, 0.29) is 71.3 Å². The van der Waals surface area contributed by atoms with Gasteiger partial charge in [-0.1, -0.05) is 32.9 Å². The molecule has 3 aromatic carbocycles. The van der Waals surface area contributed by atoms with E-state index in [1.165, 1.54) is 30.5 Å². The Morgan fingerprint density at radius 1 is 0.974 bits per heavy atom. The fourth-order valence-electron chi connectivity index (χ4n) is 13.0. The Kier molecular flexibility index (Phi) is 12.9. The van der Waals surface area contributed by atoms with Gasteiger partial charge in [-0.05, 0) is 155 Å². The van der Waals surface area contributed by atoms with E-state index in [0.29, 0.717) is 77.4 Å². The molecular formula is C58H65FN8O10. The number of esters is 1. The predicted octanol–water partition coefficient (Wildman–Crippen LogP) is 7.07. The van der Waals surface area contributed by atoms with Gasteiger partial charge < -0.3 is 44.9 Å². The molecule has 2 saturated heterocycles. The van der Waals surface area contributed by atoms with Crippen molar-refractivity contribution in [3.8, 4) is 40.0 Å². The van der Waals surface area contributed by atoms with E-state index in [9.17, 15) is 39.3 Å². The maximum absolute atomic E-state index is 16.5. The summed E-state index contributed by atoms with van der Waals surface area (Å²) in [6, 6.07) is 13.4. The van der Waals surface area contributed by atoms with Crippen LogP contribution in [0.3, 0.4) is 0 Å². The number of likely N-dealkylation sites (tertiary alicyclic amines) is 2. The molecule has 0 radical (unpaired) electrons. The minimum absolute atomic E-state index is 0.00323. The lowest BCUT2D eigenvalue weighted by atomic mass is 9.71. The molecule has 6 aromatic rings. The summed E-state index contributed by atoms with van der Waals surface area (Å²) in [7, 11) is 0. The van der Waals surface area contributed by atoms with Crippen LogP contribution in [-0.4, -0.2) is 105 Å². The summed E-state index contributed by atoms with van der Waals surface area (Å²) in [6.45, 7) is 13.1. The molecule has 0 bridgehead atoms. The summed E-state index contributed by atoms with van der Waals surface area (Å²) in [6.07, 6.45) is 4.55. The zero-order valence-corrected chi connectivity index (χ0v) is 44.2. The third-order valence-electron chi connectivity index (χ3n) is 17.4. The third kappa shape index (κ3) is 8.74. The number of aromatic hydroxyl groups is 2. The maximum Gasteiger partial charge on any atom is 0.411 e. The molecule has 11 rings (SSSR count). The molecule has 7 heterocycles. The first kappa shape index (κ1) is 51.7. The van der Waals surface area contributed by atoms with E-state index >= 15 is 4.39 Å². The van der Waals surface area contributed by atoms with Crippen molar-refractivity contribution in [2.24, 2.45) is 17.6 Å². The van der Waals surface area contributed by atoms with Crippen molar-refractivity contribution in [3.05, 3.63) is 120 Å². The number of aryl methyl sites for hydroxylation is 1. The number of nitrogens with zero attached hydrogens (tertiary/aromatic N) is 6. The molecule has 4 aliphatic heterocycles. The Labute approximate surface area is 443 Å². The number of pyridine rings is 2. The van der Waals surface area contributed by atoms with Crippen LogP contribution in [0.15, 0.2) is 58.1 Å². The highest BCUT2D eigenvalue weighted by Gasteiger charge is 2.47. The minimum atomic E-state index is -1.99. The van der Waals surface area contributed by atoms with Crippen LogP contribution >= 0.6 is 0 Å². The molecule has 1 aliphatic carbocycles. The number of hydrogen-bond donors (Lipinski definition) is 5. The number of aromatic amines is 1. The Bertz CT molecular complexity index is 3540. The van der Waals surface area contributed by atoms with Gasteiger partial charge >= 0.3 is 17.8 Å². The Hall–Kier alpha value is -7.38. The van der Waals surface area contributed by atoms with Gasteiger partial charge in [-0.3, -0.25) is 9.59 Å². The number of amides is 2. The summed E-state index contributed by atoms with van der Waals surface area (Å²) in [5.74, 6) is -1.77. The van der Waals surface area contributed by atoms with Crippen LogP contribution in [0.4, 0.5) is 9.18 Å². The molecule has 19 heteroatoms. The monoisotopic (exact) mass is 1050 g/mol. The van der Waals surface area contributed by atoms with Crippen LogP contribution in [0.1, 0.15) is 129 Å². The SMILES string of the molecule is CC[C@@]1(O)C(=O)OCc2c1cc1n(c2=O)Cc2c-1nc1cc(F)c(C)c3c1c2CCC3C1CC(CN2CCC(Cc3ccc(-n4c(-c5cc(C(C)C)c(O)cc5O)n[nH]c4=O)cc3)CC2)CCN1C(=O)OC(C)(C)C(N)=O. The number of H-pyrrole nitrogens is 1. The number of aliphatic hydroxyl groups is 1. The summed E-state index contributed by atoms with van der Waals surface area (Å²) < 4.78 is 30.6. The average Bonchev–Trinajstić information content (AvgIpc) is 4.09. The quantitative estimate of drug-likeness (QED) is 0.0815. The summed E-state index contributed by atoms with van der Waals surface area (Å²) >= 11 is 0. The number of carbonyl (C=O) groups is 3. The van der Waals surface area contributed by atoms with Gasteiger partial charge in [-0.15, -0.1) is 0 Å². The number of aromatic nitrogens is 5. The first-order valence-electron chi connectivity index (χ1n) is 26.8. The predicted molar refractivity (Wildman–Crippen MR) is 283 cm³/mol. The summed E-state index contributed by atoms with van der Waals surface area (Å²) in [4.78, 5) is 76.1. The van der Waals surface area contributed by atoms with Crippen LogP contribution in [0.5, 0.6) is 11.5 Å². The number of nitrogens with one attached hydrogen (secondary N) is 1. The number of primary amides is 1. The number of fused-ring (bicyclic) bond motifs is 5. The molecule has 3 aromatic heterocycles. The highest BCUT2D eigenvalue weighted by molar-refractivity contribution is 5.93. The van der Waals surface area contributed by atoms with Crippen LogP contribution < -0.4 is 17.0 Å². The highest BCUT2D eigenvalue weighted by atomic mass is 19.1. The molecule has 404 valence electrons. The van der Waals surface area contributed by atoms with Crippen LogP contribution in [-0.2, 0) is 50.7 Å². The second-order valence-corrected chi connectivity index (χ2v) is 22.7. The molecule has 6 N–H and O–H groups in total. The summed E-state index contributed by atoms with van der Waals surface area (Å²) in [5, 5.41) is 40.2. The van der Waals surface area contributed by atoms with Crippen molar-refractivity contribution >= 4 is 28.9 Å². The number of hydrogen-bond acceptors (Lipinski definition) is 13. The minimum Gasteiger partial charge on any atom is -0.508 e. The molecule has 2 fully saturated rings. The van der Waals surface area contributed by atoms with E-state index in [0.717, 1.165) is 66.5 Å². The molecular weight excluding hydrogens is 988 g/mol. The number of carbonyl (C=O) groups excluding carboxylic acids is 3. The Morgan fingerprint density at radius 2 is 1.70 bits per heavy atom. The lowest BCUT2D eigenvalue weighted by Gasteiger charge is -2.46. The number of piperidine rings is 2. The van der Waals surface area contributed by atoms with Crippen LogP contribution in [0, 0.1) is 24.6 Å². The van der Waals surface area contributed by atoms with Gasteiger partial charge in [0.25, 0.3) is 11.5 Å². The fourth-order valence-corrected chi connectivity index (χ4v) is 13.0. The van der Waals surface area contributed by atoms with Gasteiger partial charge in [0, 0.05) is 53.7 Å². The molecule has 77 heavy (non-hydrogen) atoms. The largest absolute Gasteiger partial charge is 0.508 e. The van der Waals surface area contributed by atoms with Crippen molar-refractivity contribution in [3.63, 3.8) is 0 Å². The first-order chi connectivity index (χ1) is 36.7. The number of rotatable bonds is 11. The molecule has 3 unspecified atom stereocenters. The van der Waals surface area contributed by atoms with E-state index in [2.05, 4.69) is 15.1 Å². The zero-order valence-electron chi connectivity index (χ0n) is 44.2. The van der Waals surface area contributed by atoms with Crippen molar-refractivity contribution in [2.75, 3.05) is 26.2 Å². The van der Waals surface area contributed by atoms with E-state index in [1.807, 2.05) is 38.1 Å². The molecule has 2 amide bonds. The average molecular weight is 1050 g/mol. The van der Waals surface area contributed by atoms with Crippen LogP contribution in [0.25, 0.3) is 39.4 Å². The highest BCUT2D eigenvalue weighted by Crippen LogP contribution is 2.49. The van der Waals surface area contributed by atoms with Gasteiger partial charge in [0.15, 0.2) is 17.0 Å². The molecule has 0 saturated carbocycles. The smallest absolute Gasteiger partial charge is 0.411 e. The van der Waals surface area contributed by atoms with Gasteiger partial charge in [0.2, 0.25) is 0 Å². The topological polar surface area (TPSA) is 248 Å². The lowest BCUT2D eigenvalue weighted by molar-refractivity contribution is -0.172. The van der Waals surface area contributed by atoms with Gasteiger partial charge in [-0.2, -0.15) is 5.10 Å². The second kappa shape index (κ2) is 19.3. The molecule has 4 atom stereocenters. The van der Waals surface area contributed by atoms with Gasteiger partial charge in [0.1, 0.15) is 23.9 Å². The number of benzene rings is 3. The Balaban J connectivity index is 0.826. The van der Waals surface area contributed by atoms with E-state index in [4.69, 9.17) is 20.2 Å².